The van der Waals surface area contributed by atoms with E-state index in [4.69, 9.17) is 4.42 Å². The first-order valence-electron chi connectivity index (χ1n) is 9.33. The molecule has 0 unspecified atom stereocenters. The molecule has 2 N–H and O–H groups in total. The zero-order valence-electron chi connectivity index (χ0n) is 15.0. The van der Waals surface area contributed by atoms with Crippen molar-refractivity contribution < 1.29 is 23.1 Å². The normalized spacial score (nSPS) is 21.4. The predicted molar refractivity (Wildman–Crippen MR) is 95.8 cm³/mol. The molecule has 0 bridgehead atoms. The molecule has 1 aromatic carbocycles. The minimum absolute atomic E-state index is 0.0808. The van der Waals surface area contributed by atoms with E-state index in [0.717, 1.165) is 16.0 Å². The number of nitrogens with zero attached hydrogens (tertiary/aromatic N) is 2. The third-order valence-electron chi connectivity index (χ3n) is 5.93. The Morgan fingerprint density at radius 1 is 1.36 bits per heavy atom. The first-order valence-corrected chi connectivity index (χ1v) is 9.33. The van der Waals surface area contributed by atoms with E-state index >= 15 is 0 Å². The van der Waals surface area contributed by atoms with Crippen LogP contribution in [0.4, 0.5) is 8.78 Å². The first kappa shape index (κ1) is 17.4. The van der Waals surface area contributed by atoms with Gasteiger partial charge >= 0.3 is 5.92 Å². The van der Waals surface area contributed by atoms with E-state index in [1.54, 1.807) is 12.1 Å². The molecule has 1 saturated carbocycles. The van der Waals surface area contributed by atoms with Crippen LogP contribution in [0.2, 0.25) is 0 Å². The number of halogens is 2. The minimum Gasteiger partial charge on any atom is -0.458 e. The van der Waals surface area contributed by atoms with Crippen LogP contribution < -0.4 is 0 Å². The van der Waals surface area contributed by atoms with E-state index in [0.29, 0.717) is 29.9 Å². The number of para-hydroxylation sites is 1. The largest absolute Gasteiger partial charge is 0.458 e. The molecule has 3 heterocycles. The number of benzene rings is 1. The zero-order valence-corrected chi connectivity index (χ0v) is 15.0. The molecule has 2 aliphatic rings. The van der Waals surface area contributed by atoms with Gasteiger partial charge in [0.25, 0.3) is 5.91 Å². The van der Waals surface area contributed by atoms with Gasteiger partial charge in [-0.1, -0.05) is 18.2 Å². The van der Waals surface area contributed by atoms with Crippen LogP contribution in [0.25, 0.3) is 11.0 Å². The summed E-state index contributed by atoms with van der Waals surface area (Å²) in [5.74, 6) is -4.86. The lowest BCUT2D eigenvalue weighted by atomic mass is 9.74. The Balaban J connectivity index is 1.59. The van der Waals surface area contributed by atoms with Crippen LogP contribution in [-0.2, 0) is 11.2 Å². The lowest BCUT2D eigenvalue weighted by molar-refractivity contribution is -0.225. The minimum atomic E-state index is -3.86. The Labute approximate surface area is 159 Å². The van der Waals surface area contributed by atoms with Gasteiger partial charge in [0.1, 0.15) is 23.0 Å². The summed E-state index contributed by atoms with van der Waals surface area (Å²) in [6.45, 7) is 0.0847. The zero-order chi connectivity index (χ0) is 19.5. The fourth-order valence-electron chi connectivity index (χ4n) is 4.13. The maximum Gasteiger partial charge on any atom is 0.352 e. The standard InChI is InChI=1S/C20H19F2N3O3/c21-20(22,19(27)7-3-8-19)18(26)25-9-6-13-16(24-11-23-13)17(25)15-10-12-4-1-2-5-14(12)28-15/h1-2,4-5,10-11,17,27H,3,6-9H2,(H,23,24)/t17-/m1/s1. The number of hydrogen-bond donors (Lipinski definition) is 2. The number of aromatic nitrogens is 2. The number of hydrogen-bond acceptors (Lipinski definition) is 4. The third-order valence-corrected chi connectivity index (χ3v) is 5.93. The number of alkyl halides is 2. The maximum absolute atomic E-state index is 14.9. The van der Waals surface area contributed by atoms with Gasteiger partial charge < -0.3 is 19.4 Å². The van der Waals surface area contributed by atoms with Gasteiger partial charge in [-0.2, -0.15) is 8.78 Å². The monoisotopic (exact) mass is 387 g/mol. The number of amides is 1. The van der Waals surface area contributed by atoms with Crippen LogP contribution in [0, 0.1) is 0 Å². The van der Waals surface area contributed by atoms with Gasteiger partial charge in [-0.25, -0.2) is 4.98 Å². The number of fused-ring (bicyclic) bond motifs is 2. The van der Waals surface area contributed by atoms with Gasteiger partial charge in [0.15, 0.2) is 0 Å². The molecular weight excluding hydrogens is 368 g/mol. The number of carbonyl (C=O) groups is 1. The van der Waals surface area contributed by atoms with Crippen molar-refractivity contribution in [2.75, 3.05) is 6.54 Å². The number of aliphatic hydroxyl groups is 1. The highest BCUT2D eigenvalue weighted by molar-refractivity contribution is 5.86. The van der Waals surface area contributed by atoms with E-state index in [9.17, 15) is 18.7 Å². The smallest absolute Gasteiger partial charge is 0.352 e. The van der Waals surface area contributed by atoms with Crippen LogP contribution in [0.3, 0.4) is 0 Å². The van der Waals surface area contributed by atoms with Gasteiger partial charge in [0.2, 0.25) is 0 Å². The van der Waals surface area contributed by atoms with E-state index in [-0.39, 0.29) is 19.4 Å². The summed E-state index contributed by atoms with van der Waals surface area (Å²) in [6, 6.07) is 8.19. The Kier molecular flexibility index (Phi) is 3.64. The summed E-state index contributed by atoms with van der Waals surface area (Å²) in [7, 11) is 0. The molecule has 1 fully saturated rings. The van der Waals surface area contributed by atoms with Gasteiger partial charge in [-0.15, -0.1) is 0 Å². The number of carbonyl (C=O) groups excluding carboxylic acids is 1. The van der Waals surface area contributed by atoms with Crippen molar-refractivity contribution in [2.45, 2.75) is 43.2 Å². The molecule has 1 aliphatic heterocycles. The Morgan fingerprint density at radius 2 is 2.14 bits per heavy atom. The van der Waals surface area contributed by atoms with Crippen LogP contribution in [0.15, 0.2) is 41.1 Å². The summed E-state index contributed by atoms with van der Waals surface area (Å²) >= 11 is 0. The molecule has 1 aliphatic carbocycles. The molecule has 0 radical (unpaired) electrons. The summed E-state index contributed by atoms with van der Waals surface area (Å²) in [6.07, 6.45) is 2.19. The number of aromatic amines is 1. The van der Waals surface area contributed by atoms with Gasteiger partial charge in [0.05, 0.1) is 12.0 Å². The molecule has 2 aromatic heterocycles. The summed E-state index contributed by atoms with van der Waals surface area (Å²) < 4.78 is 35.8. The SMILES string of the molecule is O=C(N1CCc2[nH]cnc2[C@H]1c1cc2ccccc2o1)C(F)(F)C1(O)CCC1. The fourth-order valence-corrected chi connectivity index (χ4v) is 4.13. The van der Waals surface area contributed by atoms with E-state index in [1.807, 2.05) is 18.2 Å². The maximum atomic E-state index is 14.9. The van der Waals surface area contributed by atoms with Crippen molar-refractivity contribution in [3.05, 3.63) is 53.8 Å². The average Bonchev–Trinajstić information content (AvgIpc) is 3.30. The molecule has 1 atom stereocenters. The van der Waals surface area contributed by atoms with Crippen molar-refractivity contribution in [3.8, 4) is 0 Å². The molecule has 8 heteroatoms. The Hall–Kier alpha value is -2.74. The highest BCUT2D eigenvalue weighted by atomic mass is 19.3. The fraction of sp³-hybridized carbons (Fsp3) is 0.400. The van der Waals surface area contributed by atoms with Crippen molar-refractivity contribution in [1.29, 1.82) is 0 Å². The van der Waals surface area contributed by atoms with Crippen molar-refractivity contribution in [2.24, 2.45) is 0 Å². The van der Waals surface area contributed by atoms with Crippen LogP contribution >= 0.6 is 0 Å². The molecule has 1 amide bonds. The van der Waals surface area contributed by atoms with E-state index in [1.165, 1.54) is 6.33 Å². The average molecular weight is 387 g/mol. The van der Waals surface area contributed by atoms with Crippen molar-refractivity contribution >= 4 is 16.9 Å². The molecule has 3 aromatic rings. The van der Waals surface area contributed by atoms with Crippen molar-refractivity contribution in [1.82, 2.24) is 14.9 Å². The number of H-pyrrole nitrogens is 1. The predicted octanol–water partition coefficient (Wildman–Crippen LogP) is 3.18. The third kappa shape index (κ3) is 2.33. The summed E-state index contributed by atoms with van der Waals surface area (Å²) in [5, 5.41) is 11.0. The lowest BCUT2D eigenvalue weighted by Crippen LogP contribution is -2.62. The molecular formula is C20H19F2N3O3. The number of nitrogens with one attached hydrogen (secondary N) is 1. The molecule has 146 valence electrons. The number of rotatable bonds is 3. The lowest BCUT2D eigenvalue weighted by Gasteiger charge is -2.44. The second-order valence-corrected chi connectivity index (χ2v) is 7.56. The van der Waals surface area contributed by atoms with Crippen LogP contribution in [0.5, 0.6) is 0 Å². The molecule has 6 nitrogen and oxygen atoms in total. The van der Waals surface area contributed by atoms with E-state index in [2.05, 4.69) is 9.97 Å². The highest BCUT2D eigenvalue weighted by Gasteiger charge is 2.63. The molecule has 5 rings (SSSR count). The second-order valence-electron chi connectivity index (χ2n) is 7.56. The van der Waals surface area contributed by atoms with Crippen LogP contribution in [0.1, 0.15) is 42.5 Å². The first-order chi connectivity index (χ1) is 13.4. The second kappa shape index (κ2) is 5.88. The highest BCUT2D eigenvalue weighted by Crippen LogP contribution is 2.47. The van der Waals surface area contributed by atoms with Crippen molar-refractivity contribution in [3.63, 3.8) is 0 Å². The topological polar surface area (TPSA) is 82.4 Å². The summed E-state index contributed by atoms with van der Waals surface area (Å²) in [5.41, 5.74) is -0.374. The Bertz CT molecular complexity index is 1020. The van der Waals surface area contributed by atoms with Gasteiger partial charge in [0, 0.05) is 24.0 Å². The molecule has 0 spiro atoms. The van der Waals surface area contributed by atoms with E-state index < -0.39 is 23.5 Å². The molecule has 0 saturated heterocycles. The van der Waals surface area contributed by atoms with Gasteiger partial charge in [-0.3, -0.25) is 4.79 Å². The quantitative estimate of drug-likeness (QED) is 0.723. The number of furan rings is 1. The summed E-state index contributed by atoms with van der Waals surface area (Å²) in [4.78, 5) is 21.3. The Morgan fingerprint density at radius 3 is 2.86 bits per heavy atom. The van der Waals surface area contributed by atoms with Crippen LogP contribution in [-0.4, -0.2) is 43.9 Å². The van der Waals surface area contributed by atoms with Gasteiger partial charge in [-0.05, 0) is 31.4 Å². The molecule has 28 heavy (non-hydrogen) atoms. The number of imidazole rings is 1.